The number of hydrogen-bond acceptors (Lipinski definition) is 6. The van der Waals surface area contributed by atoms with Gasteiger partial charge in [-0.15, -0.1) is 0 Å². The van der Waals surface area contributed by atoms with E-state index >= 15 is 0 Å². The van der Waals surface area contributed by atoms with Crippen LogP contribution in [0.4, 0.5) is 10.2 Å². The number of aromatic nitrogens is 3. The molecule has 1 aliphatic rings. The summed E-state index contributed by atoms with van der Waals surface area (Å²) in [6.07, 6.45) is 4.95. The van der Waals surface area contributed by atoms with E-state index in [1.54, 1.807) is 25.6 Å². The minimum absolute atomic E-state index is 0.295. The van der Waals surface area contributed by atoms with E-state index in [-0.39, 0.29) is 5.82 Å². The summed E-state index contributed by atoms with van der Waals surface area (Å²) in [5.74, 6) is 1.20. The number of hydrogen-bond donors (Lipinski definition) is 2. The number of ether oxygens (including phenoxy) is 1. The Hall–Kier alpha value is -2.71. The van der Waals surface area contributed by atoms with Crippen LogP contribution in [0.5, 0.6) is 5.75 Å². The summed E-state index contributed by atoms with van der Waals surface area (Å²) >= 11 is 0. The van der Waals surface area contributed by atoms with Crippen molar-refractivity contribution in [2.45, 2.75) is 12.5 Å². The Labute approximate surface area is 162 Å². The first-order chi connectivity index (χ1) is 13.7. The molecule has 1 fully saturated rings. The molecule has 0 saturated carbocycles. The van der Waals surface area contributed by atoms with Crippen LogP contribution in [-0.4, -0.2) is 64.8 Å². The number of benzene rings is 1. The lowest BCUT2D eigenvalue weighted by molar-refractivity contribution is 0.140. The molecule has 0 radical (unpaired) electrons. The van der Waals surface area contributed by atoms with Gasteiger partial charge in [0, 0.05) is 55.4 Å². The van der Waals surface area contributed by atoms with Gasteiger partial charge in [-0.3, -0.25) is 4.90 Å². The van der Waals surface area contributed by atoms with Crippen molar-refractivity contribution in [3.8, 4) is 5.75 Å². The fraction of sp³-hybridized carbons (Fsp3) is 0.400. The molecule has 148 valence electrons. The minimum atomic E-state index is -0.629. The number of nitrogens with one attached hydrogen (secondary N) is 1. The highest BCUT2D eigenvalue weighted by Crippen LogP contribution is 2.28. The number of aliphatic hydroxyl groups excluding tert-OH is 1. The summed E-state index contributed by atoms with van der Waals surface area (Å²) in [5, 5.41) is 11.4. The van der Waals surface area contributed by atoms with E-state index in [0.717, 1.165) is 55.0 Å². The second-order valence-corrected chi connectivity index (χ2v) is 6.98. The summed E-state index contributed by atoms with van der Waals surface area (Å²) < 4.78 is 18.9. The molecule has 1 unspecified atom stereocenters. The van der Waals surface area contributed by atoms with Crippen molar-refractivity contribution in [1.82, 2.24) is 19.9 Å². The summed E-state index contributed by atoms with van der Waals surface area (Å²) in [4.78, 5) is 15.9. The monoisotopic (exact) mass is 385 g/mol. The van der Waals surface area contributed by atoms with E-state index in [4.69, 9.17) is 4.74 Å². The van der Waals surface area contributed by atoms with Gasteiger partial charge in [-0.05, 0) is 24.6 Å². The third-order valence-corrected chi connectivity index (χ3v) is 5.30. The molecule has 0 bridgehead atoms. The van der Waals surface area contributed by atoms with Crippen molar-refractivity contribution >= 4 is 16.7 Å². The molecule has 8 heteroatoms. The third-order valence-electron chi connectivity index (χ3n) is 5.30. The Balaban J connectivity index is 1.33. The number of piperazine rings is 1. The lowest BCUT2D eigenvalue weighted by atomic mass is 10.0. The molecule has 3 heterocycles. The van der Waals surface area contributed by atoms with Gasteiger partial charge in [0.1, 0.15) is 12.1 Å². The predicted octanol–water partition coefficient (Wildman–Crippen LogP) is 2.35. The van der Waals surface area contributed by atoms with Crippen molar-refractivity contribution in [2.75, 3.05) is 44.7 Å². The first-order valence-electron chi connectivity index (χ1n) is 9.41. The van der Waals surface area contributed by atoms with Crippen molar-refractivity contribution < 1.29 is 14.2 Å². The number of rotatable bonds is 6. The number of aromatic amines is 1. The first-order valence-corrected chi connectivity index (χ1v) is 9.41. The largest absolute Gasteiger partial charge is 0.491 e. The summed E-state index contributed by atoms with van der Waals surface area (Å²) in [7, 11) is 1.62. The molecule has 1 saturated heterocycles. The zero-order valence-corrected chi connectivity index (χ0v) is 15.8. The summed E-state index contributed by atoms with van der Waals surface area (Å²) in [6, 6.07) is 4.58. The number of nitrogens with zero attached hydrogens (tertiary/aromatic N) is 4. The number of halogens is 1. The number of fused-ring (bicyclic) bond motifs is 1. The van der Waals surface area contributed by atoms with Gasteiger partial charge in [-0.2, -0.15) is 0 Å². The zero-order chi connectivity index (χ0) is 19.5. The number of anilines is 1. The molecule has 3 aromatic rings. The smallest absolute Gasteiger partial charge is 0.179 e. The summed E-state index contributed by atoms with van der Waals surface area (Å²) in [6.45, 7) is 4.20. The Morgan fingerprint density at radius 1 is 1.29 bits per heavy atom. The van der Waals surface area contributed by atoms with Crippen molar-refractivity contribution in [3.05, 3.63) is 48.3 Å². The third kappa shape index (κ3) is 3.79. The molecular formula is C20H24FN5O2. The van der Waals surface area contributed by atoms with E-state index in [2.05, 4.69) is 24.8 Å². The fourth-order valence-corrected chi connectivity index (χ4v) is 3.73. The van der Waals surface area contributed by atoms with Crippen molar-refractivity contribution in [1.29, 1.82) is 0 Å². The number of aliphatic hydroxyl groups is 1. The average Bonchev–Trinajstić information content (AvgIpc) is 3.15. The molecule has 2 aromatic heterocycles. The normalized spacial score (nSPS) is 16.5. The molecule has 2 N–H and O–H groups in total. The molecule has 0 amide bonds. The van der Waals surface area contributed by atoms with Crippen LogP contribution < -0.4 is 9.64 Å². The summed E-state index contributed by atoms with van der Waals surface area (Å²) in [5.41, 5.74) is 1.58. The molecule has 1 atom stereocenters. The minimum Gasteiger partial charge on any atom is -0.491 e. The number of H-pyrrole nitrogens is 1. The van der Waals surface area contributed by atoms with Gasteiger partial charge in [-0.25, -0.2) is 14.4 Å². The molecule has 28 heavy (non-hydrogen) atoms. The Morgan fingerprint density at radius 2 is 2.11 bits per heavy atom. The molecular weight excluding hydrogens is 361 g/mol. The molecule has 4 rings (SSSR count). The highest BCUT2D eigenvalue weighted by molar-refractivity contribution is 5.83. The van der Waals surface area contributed by atoms with Crippen LogP contribution in [0.1, 0.15) is 18.1 Å². The standard InChI is InChI=1S/C20H24FN5O2/c1-28-19-12-22-13-24-20(19)26-8-6-25(7-9-26)5-4-18(27)16-11-23-17-3-2-14(21)10-15(16)17/h2-3,10-13,18,23,27H,4-9H2,1H3. The molecule has 0 aliphatic carbocycles. The molecule has 1 aliphatic heterocycles. The highest BCUT2D eigenvalue weighted by atomic mass is 19.1. The Morgan fingerprint density at radius 3 is 2.89 bits per heavy atom. The van der Waals surface area contributed by atoms with Crippen LogP contribution in [0.15, 0.2) is 36.9 Å². The zero-order valence-electron chi connectivity index (χ0n) is 15.8. The van der Waals surface area contributed by atoms with Gasteiger partial charge < -0.3 is 19.7 Å². The lowest BCUT2D eigenvalue weighted by Crippen LogP contribution is -2.47. The van der Waals surface area contributed by atoms with E-state index in [1.165, 1.54) is 18.5 Å². The van der Waals surface area contributed by atoms with Crippen LogP contribution in [-0.2, 0) is 0 Å². The van der Waals surface area contributed by atoms with E-state index < -0.39 is 6.10 Å². The predicted molar refractivity (Wildman–Crippen MR) is 105 cm³/mol. The first kappa shape index (κ1) is 18.6. The maximum absolute atomic E-state index is 13.5. The topological polar surface area (TPSA) is 77.5 Å². The van der Waals surface area contributed by atoms with Crippen LogP contribution >= 0.6 is 0 Å². The molecule has 1 aromatic carbocycles. The van der Waals surface area contributed by atoms with Crippen LogP contribution in [0.25, 0.3) is 10.9 Å². The van der Waals surface area contributed by atoms with Gasteiger partial charge >= 0.3 is 0 Å². The maximum atomic E-state index is 13.5. The fourth-order valence-electron chi connectivity index (χ4n) is 3.73. The van der Waals surface area contributed by atoms with Crippen LogP contribution in [0, 0.1) is 5.82 Å². The van der Waals surface area contributed by atoms with Gasteiger partial charge in [0.15, 0.2) is 11.6 Å². The Kier molecular flexibility index (Phi) is 5.40. The second-order valence-electron chi connectivity index (χ2n) is 6.98. The molecule has 7 nitrogen and oxygen atoms in total. The van der Waals surface area contributed by atoms with Gasteiger partial charge in [-0.1, -0.05) is 0 Å². The quantitative estimate of drug-likeness (QED) is 0.678. The van der Waals surface area contributed by atoms with E-state index in [9.17, 15) is 9.50 Å². The van der Waals surface area contributed by atoms with Gasteiger partial charge in [0.25, 0.3) is 0 Å². The highest BCUT2D eigenvalue weighted by Gasteiger charge is 2.22. The maximum Gasteiger partial charge on any atom is 0.179 e. The Bertz CT molecular complexity index is 939. The number of methoxy groups -OCH3 is 1. The van der Waals surface area contributed by atoms with Crippen molar-refractivity contribution in [2.24, 2.45) is 0 Å². The van der Waals surface area contributed by atoms with E-state index in [1.807, 2.05) is 0 Å². The van der Waals surface area contributed by atoms with E-state index in [0.29, 0.717) is 12.2 Å². The second kappa shape index (κ2) is 8.12. The van der Waals surface area contributed by atoms with Crippen LogP contribution in [0.3, 0.4) is 0 Å². The average molecular weight is 385 g/mol. The van der Waals surface area contributed by atoms with Gasteiger partial charge in [0.05, 0.1) is 19.4 Å². The van der Waals surface area contributed by atoms with Crippen LogP contribution in [0.2, 0.25) is 0 Å². The lowest BCUT2D eigenvalue weighted by Gasteiger charge is -2.36. The SMILES string of the molecule is COc1cncnc1N1CCN(CCC(O)c2c[nH]c3ccc(F)cc23)CC1. The van der Waals surface area contributed by atoms with Crippen molar-refractivity contribution in [3.63, 3.8) is 0 Å². The molecule has 0 spiro atoms. The van der Waals surface area contributed by atoms with Gasteiger partial charge in [0.2, 0.25) is 0 Å².